The number of fused-ring (bicyclic) bond motifs is 1. The molecule has 3 N–H and O–H groups in total. The van der Waals surface area contributed by atoms with E-state index in [4.69, 9.17) is 10.5 Å². The summed E-state index contributed by atoms with van der Waals surface area (Å²) in [6.45, 7) is 2.69. The molecule has 2 aromatic rings. The van der Waals surface area contributed by atoms with Crippen molar-refractivity contribution >= 4 is 16.8 Å². The summed E-state index contributed by atoms with van der Waals surface area (Å²) in [4.78, 5) is 16.4. The van der Waals surface area contributed by atoms with Gasteiger partial charge in [0, 0.05) is 24.5 Å². The van der Waals surface area contributed by atoms with Crippen LogP contribution in [0.2, 0.25) is 0 Å². The van der Waals surface area contributed by atoms with E-state index >= 15 is 0 Å². The first-order valence-electron chi connectivity index (χ1n) is 6.09. The SMILES string of the molecule is COc1ccc2cc(C(=O)NCCN)c(C)nc2c1. The molecule has 1 heterocycles. The fourth-order valence-corrected chi connectivity index (χ4v) is 1.88. The van der Waals surface area contributed by atoms with Crippen molar-refractivity contribution in [3.8, 4) is 5.75 Å². The standard InChI is InChI=1S/C14H17N3O2/c1-9-12(14(18)16-6-5-15)7-10-3-4-11(19-2)8-13(10)17-9/h3-4,7-8H,5-6,15H2,1-2H3,(H,16,18). The molecule has 0 bridgehead atoms. The summed E-state index contributed by atoms with van der Waals surface area (Å²) in [7, 11) is 1.61. The molecular weight excluding hydrogens is 242 g/mol. The molecule has 0 saturated carbocycles. The number of benzene rings is 1. The summed E-state index contributed by atoms with van der Waals surface area (Å²) in [5.41, 5.74) is 7.45. The van der Waals surface area contributed by atoms with Crippen molar-refractivity contribution in [1.82, 2.24) is 10.3 Å². The van der Waals surface area contributed by atoms with Crippen LogP contribution < -0.4 is 15.8 Å². The van der Waals surface area contributed by atoms with Crippen LogP contribution >= 0.6 is 0 Å². The molecule has 100 valence electrons. The number of aromatic nitrogens is 1. The number of rotatable bonds is 4. The second-order valence-electron chi connectivity index (χ2n) is 4.22. The maximum atomic E-state index is 12.0. The average molecular weight is 259 g/mol. The topological polar surface area (TPSA) is 77.2 Å². The number of nitrogens with zero attached hydrogens (tertiary/aromatic N) is 1. The second-order valence-corrected chi connectivity index (χ2v) is 4.22. The Morgan fingerprint density at radius 2 is 2.21 bits per heavy atom. The lowest BCUT2D eigenvalue weighted by atomic mass is 10.1. The van der Waals surface area contributed by atoms with Crippen LogP contribution in [0, 0.1) is 6.92 Å². The average Bonchev–Trinajstić information content (AvgIpc) is 2.43. The molecule has 1 aromatic heterocycles. The second kappa shape index (κ2) is 5.67. The monoisotopic (exact) mass is 259 g/mol. The van der Waals surface area contributed by atoms with E-state index in [1.807, 2.05) is 31.2 Å². The van der Waals surface area contributed by atoms with Crippen molar-refractivity contribution in [1.29, 1.82) is 0 Å². The Morgan fingerprint density at radius 3 is 2.89 bits per heavy atom. The molecule has 5 nitrogen and oxygen atoms in total. The summed E-state index contributed by atoms with van der Waals surface area (Å²) in [5.74, 6) is 0.605. The predicted molar refractivity (Wildman–Crippen MR) is 74.4 cm³/mol. The Kier molecular flexibility index (Phi) is 3.97. The van der Waals surface area contributed by atoms with Crippen LogP contribution in [0.1, 0.15) is 16.1 Å². The highest BCUT2D eigenvalue weighted by molar-refractivity contribution is 5.98. The zero-order chi connectivity index (χ0) is 13.8. The van der Waals surface area contributed by atoms with Gasteiger partial charge >= 0.3 is 0 Å². The zero-order valence-electron chi connectivity index (χ0n) is 11.1. The van der Waals surface area contributed by atoms with E-state index < -0.39 is 0 Å². The zero-order valence-corrected chi connectivity index (χ0v) is 11.1. The van der Waals surface area contributed by atoms with Crippen LogP contribution in [0.3, 0.4) is 0 Å². The van der Waals surface area contributed by atoms with Crippen molar-refractivity contribution in [3.05, 3.63) is 35.5 Å². The first-order chi connectivity index (χ1) is 9.15. The molecule has 0 fully saturated rings. The van der Waals surface area contributed by atoms with Crippen molar-refractivity contribution in [3.63, 3.8) is 0 Å². The van der Waals surface area contributed by atoms with Crippen LogP contribution in [0.5, 0.6) is 5.75 Å². The molecule has 5 heteroatoms. The minimum absolute atomic E-state index is 0.145. The quantitative estimate of drug-likeness (QED) is 0.866. The molecule has 19 heavy (non-hydrogen) atoms. The summed E-state index contributed by atoms with van der Waals surface area (Å²) >= 11 is 0. The van der Waals surface area contributed by atoms with Crippen molar-refractivity contribution in [2.45, 2.75) is 6.92 Å². The first-order valence-corrected chi connectivity index (χ1v) is 6.09. The van der Waals surface area contributed by atoms with Gasteiger partial charge in [0.05, 0.1) is 23.9 Å². The fraction of sp³-hybridized carbons (Fsp3) is 0.286. The first kappa shape index (κ1) is 13.3. The minimum atomic E-state index is -0.145. The van der Waals surface area contributed by atoms with E-state index in [-0.39, 0.29) is 5.91 Å². The van der Waals surface area contributed by atoms with Crippen LogP contribution in [-0.4, -0.2) is 31.1 Å². The Bertz CT molecular complexity index is 611. The third-order valence-corrected chi connectivity index (χ3v) is 2.89. The van der Waals surface area contributed by atoms with E-state index in [1.165, 1.54) is 0 Å². The highest BCUT2D eigenvalue weighted by atomic mass is 16.5. The molecule has 2 rings (SSSR count). The van der Waals surface area contributed by atoms with Gasteiger partial charge in [-0.3, -0.25) is 9.78 Å². The van der Waals surface area contributed by atoms with Gasteiger partial charge in [0.2, 0.25) is 0 Å². The molecule has 0 atom stereocenters. The van der Waals surface area contributed by atoms with E-state index in [0.29, 0.717) is 24.3 Å². The summed E-state index contributed by atoms with van der Waals surface area (Å²) in [6.07, 6.45) is 0. The van der Waals surface area contributed by atoms with Gasteiger partial charge in [0.1, 0.15) is 5.75 Å². The lowest BCUT2D eigenvalue weighted by Crippen LogP contribution is -2.29. The predicted octanol–water partition coefficient (Wildman–Crippen LogP) is 1.24. The van der Waals surface area contributed by atoms with Gasteiger partial charge in [-0.15, -0.1) is 0 Å². The molecular formula is C14H17N3O2. The summed E-state index contributed by atoms with van der Waals surface area (Å²) in [6, 6.07) is 7.42. The molecule has 1 amide bonds. The maximum Gasteiger partial charge on any atom is 0.253 e. The van der Waals surface area contributed by atoms with Gasteiger partial charge < -0.3 is 15.8 Å². The molecule has 1 aromatic carbocycles. The molecule has 0 radical (unpaired) electrons. The highest BCUT2D eigenvalue weighted by Gasteiger charge is 2.11. The number of pyridine rings is 1. The van der Waals surface area contributed by atoms with Gasteiger partial charge in [-0.25, -0.2) is 0 Å². The van der Waals surface area contributed by atoms with Gasteiger partial charge in [-0.2, -0.15) is 0 Å². The number of hydrogen-bond donors (Lipinski definition) is 2. The fourth-order valence-electron chi connectivity index (χ4n) is 1.88. The van der Waals surface area contributed by atoms with E-state index in [0.717, 1.165) is 16.7 Å². The lowest BCUT2D eigenvalue weighted by molar-refractivity contribution is 0.0954. The molecule has 0 aliphatic rings. The highest BCUT2D eigenvalue weighted by Crippen LogP contribution is 2.21. The third-order valence-electron chi connectivity index (χ3n) is 2.89. The van der Waals surface area contributed by atoms with Crippen molar-refractivity contribution in [2.75, 3.05) is 20.2 Å². The Hall–Kier alpha value is -2.14. The van der Waals surface area contributed by atoms with Gasteiger partial charge in [-0.1, -0.05) is 0 Å². The Morgan fingerprint density at radius 1 is 1.42 bits per heavy atom. The van der Waals surface area contributed by atoms with Gasteiger partial charge in [-0.05, 0) is 25.1 Å². The smallest absolute Gasteiger partial charge is 0.253 e. The number of ether oxygens (including phenoxy) is 1. The maximum absolute atomic E-state index is 12.0. The summed E-state index contributed by atoms with van der Waals surface area (Å²) in [5, 5.41) is 3.65. The van der Waals surface area contributed by atoms with Crippen molar-refractivity contribution < 1.29 is 9.53 Å². The number of carbonyl (C=O) groups excluding carboxylic acids is 1. The van der Waals surface area contributed by atoms with E-state index in [9.17, 15) is 4.79 Å². The molecule has 0 aliphatic heterocycles. The molecule has 0 spiro atoms. The number of carbonyl (C=O) groups is 1. The van der Waals surface area contributed by atoms with Crippen molar-refractivity contribution in [2.24, 2.45) is 5.73 Å². The number of nitrogens with one attached hydrogen (secondary N) is 1. The largest absolute Gasteiger partial charge is 0.497 e. The van der Waals surface area contributed by atoms with Crippen LogP contribution in [0.25, 0.3) is 10.9 Å². The van der Waals surface area contributed by atoms with Gasteiger partial charge in [0.15, 0.2) is 0 Å². The number of methoxy groups -OCH3 is 1. The Labute approximate surface area is 111 Å². The van der Waals surface area contributed by atoms with Crippen LogP contribution in [0.4, 0.5) is 0 Å². The molecule has 0 saturated heterocycles. The number of amides is 1. The molecule has 0 unspecified atom stereocenters. The van der Waals surface area contributed by atoms with Gasteiger partial charge in [0.25, 0.3) is 5.91 Å². The normalized spacial score (nSPS) is 10.5. The summed E-state index contributed by atoms with van der Waals surface area (Å²) < 4.78 is 5.16. The third kappa shape index (κ3) is 2.82. The van der Waals surface area contributed by atoms with E-state index in [1.54, 1.807) is 7.11 Å². The van der Waals surface area contributed by atoms with E-state index in [2.05, 4.69) is 10.3 Å². The number of nitrogens with two attached hydrogens (primary N) is 1. The molecule has 0 aliphatic carbocycles. The minimum Gasteiger partial charge on any atom is -0.497 e. The van der Waals surface area contributed by atoms with Crippen LogP contribution in [-0.2, 0) is 0 Å². The van der Waals surface area contributed by atoms with Crippen LogP contribution in [0.15, 0.2) is 24.3 Å². The number of hydrogen-bond acceptors (Lipinski definition) is 4. The Balaban J connectivity index is 2.41. The lowest BCUT2D eigenvalue weighted by Gasteiger charge is -2.09. The number of aryl methyl sites for hydroxylation is 1.